The molecule has 4 rings (SSSR count). The van der Waals surface area contributed by atoms with Gasteiger partial charge in [-0.25, -0.2) is 9.67 Å². The van der Waals surface area contributed by atoms with Gasteiger partial charge in [0.1, 0.15) is 17.1 Å². The summed E-state index contributed by atoms with van der Waals surface area (Å²) in [7, 11) is 1.37. The van der Waals surface area contributed by atoms with Crippen molar-refractivity contribution >= 4 is 22.5 Å². The Labute approximate surface area is 194 Å². The number of carbonyl (C=O) groups excluding carboxylic acids is 1. The maximum Gasteiger partial charge on any atom is 0.433 e. The lowest BCUT2D eigenvalue weighted by molar-refractivity contribution is -0.141. The molecule has 1 aliphatic carbocycles. The molecule has 1 amide bonds. The van der Waals surface area contributed by atoms with E-state index in [2.05, 4.69) is 29.2 Å². The summed E-state index contributed by atoms with van der Waals surface area (Å²) in [4.78, 5) is 16.0. The molecule has 1 saturated carbocycles. The molecule has 10 heteroatoms. The molecular formula is C24H26F4N4O2. The Morgan fingerprint density at radius 1 is 1.18 bits per heavy atom. The van der Waals surface area contributed by atoms with Gasteiger partial charge in [-0.2, -0.15) is 22.7 Å². The number of pyridine rings is 1. The predicted molar refractivity (Wildman–Crippen MR) is 119 cm³/mol. The number of benzene rings is 1. The van der Waals surface area contributed by atoms with E-state index < -0.39 is 29.4 Å². The number of ether oxygens (including phenoxy) is 1. The second kappa shape index (κ2) is 9.23. The van der Waals surface area contributed by atoms with Gasteiger partial charge >= 0.3 is 6.18 Å². The number of nitrogens with zero attached hydrogens (tertiary/aromatic N) is 3. The Bertz CT molecular complexity index is 1200. The van der Waals surface area contributed by atoms with Crippen molar-refractivity contribution in [1.29, 1.82) is 0 Å². The summed E-state index contributed by atoms with van der Waals surface area (Å²) >= 11 is 0. The van der Waals surface area contributed by atoms with Crippen LogP contribution < -0.4 is 10.1 Å². The first-order chi connectivity index (χ1) is 16.1. The Morgan fingerprint density at radius 2 is 1.88 bits per heavy atom. The van der Waals surface area contributed by atoms with Gasteiger partial charge in [0.15, 0.2) is 0 Å². The van der Waals surface area contributed by atoms with Crippen LogP contribution in [0.2, 0.25) is 0 Å². The molecule has 34 heavy (non-hydrogen) atoms. The van der Waals surface area contributed by atoms with Gasteiger partial charge in [0.25, 0.3) is 5.91 Å². The number of methoxy groups -OCH3 is 1. The largest absolute Gasteiger partial charge is 0.494 e. The number of rotatable bonds is 5. The van der Waals surface area contributed by atoms with Crippen molar-refractivity contribution < 1.29 is 27.1 Å². The van der Waals surface area contributed by atoms with Crippen LogP contribution in [-0.2, 0) is 6.18 Å². The molecule has 0 atom stereocenters. The molecule has 0 saturated heterocycles. The van der Waals surface area contributed by atoms with Crippen LogP contribution in [0.4, 0.5) is 23.2 Å². The number of hydrogen-bond donors (Lipinski definition) is 1. The fourth-order valence-electron chi connectivity index (χ4n) is 4.53. The van der Waals surface area contributed by atoms with Crippen molar-refractivity contribution in [3.8, 4) is 5.75 Å². The zero-order chi connectivity index (χ0) is 24.6. The number of halogens is 4. The lowest BCUT2D eigenvalue weighted by Gasteiger charge is -2.31. The molecule has 1 aromatic carbocycles. The maximum absolute atomic E-state index is 15.3. The lowest BCUT2D eigenvalue weighted by atomic mass is 9.80. The highest BCUT2D eigenvalue weighted by Crippen LogP contribution is 2.38. The van der Waals surface area contributed by atoms with Crippen LogP contribution in [0, 0.1) is 17.8 Å². The minimum Gasteiger partial charge on any atom is -0.494 e. The van der Waals surface area contributed by atoms with E-state index in [-0.39, 0.29) is 22.9 Å². The van der Waals surface area contributed by atoms with E-state index in [1.165, 1.54) is 30.0 Å². The monoisotopic (exact) mass is 478 g/mol. The van der Waals surface area contributed by atoms with Gasteiger partial charge in [-0.3, -0.25) is 4.79 Å². The number of anilines is 1. The Kier molecular flexibility index (Phi) is 6.51. The van der Waals surface area contributed by atoms with Crippen molar-refractivity contribution in [2.75, 3.05) is 12.4 Å². The van der Waals surface area contributed by atoms with E-state index in [9.17, 15) is 18.0 Å². The van der Waals surface area contributed by atoms with Gasteiger partial charge < -0.3 is 10.1 Å². The number of fused-ring (bicyclic) bond motifs is 1. The van der Waals surface area contributed by atoms with Crippen LogP contribution in [0.3, 0.4) is 0 Å². The van der Waals surface area contributed by atoms with E-state index in [0.717, 1.165) is 37.8 Å². The first-order valence-corrected chi connectivity index (χ1v) is 11.2. The summed E-state index contributed by atoms with van der Waals surface area (Å²) in [5.74, 6) is 0.0304. The summed E-state index contributed by atoms with van der Waals surface area (Å²) in [6, 6.07) is 5.88. The molecule has 0 aliphatic heterocycles. The standard InChI is InChI=1S/C24H26F4N4O2/c1-13(2)14-7-9-15(10-8-14)32-22(25)16-11-19(20(34-3)12-18(16)31-32)30-23(33)17-5-4-6-21(29-17)24(26,27)28/h4-6,11-15H,7-10H2,1-3H3,(H,30,33)/t14-,15-. The van der Waals surface area contributed by atoms with Gasteiger partial charge in [-0.15, -0.1) is 0 Å². The summed E-state index contributed by atoms with van der Waals surface area (Å²) in [6.45, 7) is 4.40. The van der Waals surface area contributed by atoms with Crippen LogP contribution in [0.5, 0.6) is 5.75 Å². The number of hydrogen-bond acceptors (Lipinski definition) is 4. The van der Waals surface area contributed by atoms with Crippen LogP contribution >= 0.6 is 0 Å². The molecule has 2 heterocycles. The van der Waals surface area contributed by atoms with Crippen molar-refractivity contribution in [3.63, 3.8) is 0 Å². The van der Waals surface area contributed by atoms with Gasteiger partial charge in [0.2, 0.25) is 5.95 Å². The predicted octanol–water partition coefficient (Wildman–Crippen LogP) is 6.24. The van der Waals surface area contributed by atoms with Crippen molar-refractivity contribution in [2.24, 2.45) is 11.8 Å². The van der Waals surface area contributed by atoms with Crippen LogP contribution in [0.15, 0.2) is 30.3 Å². The third-order valence-corrected chi connectivity index (χ3v) is 6.51. The van der Waals surface area contributed by atoms with E-state index in [4.69, 9.17) is 4.74 Å². The lowest BCUT2D eigenvalue weighted by Crippen LogP contribution is -2.22. The molecule has 0 spiro atoms. The molecule has 2 aromatic heterocycles. The summed E-state index contributed by atoms with van der Waals surface area (Å²) in [5, 5.41) is 7.12. The molecule has 0 unspecified atom stereocenters. The average molecular weight is 478 g/mol. The van der Waals surface area contributed by atoms with E-state index in [0.29, 0.717) is 17.4 Å². The Balaban J connectivity index is 1.62. The normalized spacial score (nSPS) is 18.9. The fourth-order valence-corrected chi connectivity index (χ4v) is 4.53. The SMILES string of the molecule is COc1cc2nn([C@H]3CC[C@H](C(C)C)CC3)c(F)c2cc1NC(=O)c1cccc(C(F)(F)F)n1. The molecule has 1 fully saturated rings. The van der Waals surface area contributed by atoms with E-state index in [1.54, 1.807) is 0 Å². The van der Waals surface area contributed by atoms with Gasteiger partial charge in [-0.05, 0) is 55.7 Å². The summed E-state index contributed by atoms with van der Waals surface area (Å²) < 4.78 is 60.9. The number of carbonyl (C=O) groups is 1. The van der Waals surface area contributed by atoms with Crippen molar-refractivity contribution in [2.45, 2.75) is 51.7 Å². The second-order valence-corrected chi connectivity index (χ2v) is 8.98. The number of amides is 1. The number of nitrogens with one attached hydrogen (secondary N) is 1. The molecule has 1 N–H and O–H groups in total. The molecule has 3 aromatic rings. The van der Waals surface area contributed by atoms with Crippen LogP contribution in [0.25, 0.3) is 10.9 Å². The van der Waals surface area contributed by atoms with Crippen molar-refractivity contribution in [3.05, 3.63) is 47.7 Å². The zero-order valence-corrected chi connectivity index (χ0v) is 19.1. The minimum atomic E-state index is -4.68. The van der Waals surface area contributed by atoms with Crippen molar-refractivity contribution in [1.82, 2.24) is 14.8 Å². The quantitative estimate of drug-likeness (QED) is 0.441. The highest BCUT2D eigenvalue weighted by atomic mass is 19.4. The Morgan fingerprint density at radius 3 is 2.50 bits per heavy atom. The third-order valence-electron chi connectivity index (χ3n) is 6.51. The van der Waals surface area contributed by atoms with Gasteiger partial charge in [0.05, 0.1) is 29.7 Å². The smallest absolute Gasteiger partial charge is 0.433 e. The van der Waals surface area contributed by atoms with Crippen LogP contribution in [-0.4, -0.2) is 27.8 Å². The summed E-state index contributed by atoms with van der Waals surface area (Å²) in [5.41, 5.74) is -1.12. The van der Waals surface area contributed by atoms with E-state index in [1.807, 2.05) is 0 Å². The Hall–Kier alpha value is -3.17. The van der Waals surface area contributed by atoms with E-state index >= 15 is 4.39 Å². The molecule has 0 radical (unpaired) electrons. The van der Waals surface area contributed by atoms with Gasteiger partial charge in [0, 0.05) is 6.07 Å². The summed E-state index contributed by atoms with van der Waals surface area (Å²) in [6.07, 6.45) is -1.01. The highest BCUT2D eigenvalue weighted by molar-refractivity contribution is 6.05. The first kappa shape index (κ1) is 24.0. The molecule has 0 bridgehead atoms. The third kappa shape index (κ3) is 4.71. The molecule has 1 aliphatic rings. The molecular weight excluding hydrogens is 452 g/mol. The van der Waals surface area contributed by atoms with Gasteiger partial charge in [-0.1, -0.05) is 19.9 Å². The highest BCUT2D eigenvalue weighted by Gasteiger charge is 2.33. The zero-order valence-electron chi connectivity index (χ0n) is 19.1. The average Bonchev–Trinajstić information content (AvgIpc) is 3.13. The maximum atomic E-state index is 15.3. The minimum absolute atomic E-state index is 0.0549. The second-order valence-electron chi connectivity index (χ2n) is 8.98. The molecule has 182 valence electrons. The number of alkyl halides is 3. The fraction of sp³-hybridized carbons (Fsp3) is 0.458. The molecule has 6 nitrogen and oxygen atoms in total. The van der Waals surface area contributed by atoms with Crippen LogP contribution in [0.1, 0.15) is 61.8 Å². The topological polar surface area (TPSA) is 69.0 Å². The first-order valence-electron chi connectivity index (χ1n) is 11.2. The number of aromatic nitrogens is 3.